The van der Waals surface area contributed by atoms with E-state index in [1.807, 2.05) is 30.3 Å². The Bertz CT molecular complexity index is 3460. The van der Waals surface area contributed by atoms with Crippen molar-refractivity contribution < 1.29 is 43.2 Å². The van der Waals surface area contributed by atoms with E-state index in [0.29, 0.717) is 102 Å². The number of hydrogen-bond acceptors (Lipinski definition) is 14. The Morgan fingerprint density at radius 1 is 0.875 bits per heavy atom. The summed E-state index contributed by atoms with van der Waals surface area (Å²) < 4.78 is 20.2. The molecule has 21 nitrogen and oxygen atoms in total. The highest BCUT2D eigenvalue weighted by Gasteiger charge is 2.46. The van der Waals surface area contributed by atoms with Crippen molar-refractivity contribution in [2.45, 2.75) is 122 Å². The average Bonchev–Trinajstić information content (AvgIpc) is 4.12. The average molecular weight is 1110 g/mol. The molecule has 5 N–H and O–H groups in total. The number of aromatic nitrogens is 4. The third kappa shape index (κ3) is 10.4. The van der Waals surface area contributed by atoms with Gasteiger partial charge in [-0.25, -0.2) is 14.5 Å². The number of piperazine rings is 1. The summed E-state index contributed by atoms with van der Waals surface area (Å²) in [5.41, 5.74) is 6.49. The fourth-order valence-electron chi connectivity index (χ4n) is 13.3. The first-order chi connectivity index (χ1) is 38.0. The van der Waals surface area contributed by atoms with Crippen LogP contribution in [0.1, 0.15) is 127 Å². The number of pyridine rings is 1. The summed E-state index contributed by atoms with van der Waals surface area (Å²) in [5, 5.41) is 17.6. The van der Waals surface area contributed by atoms with Crippen LogP contribution in [0.15, 0.2) is 78.4 Å². The maximum absolute atomic E-state index is 14.2. The predicted octanol–water partition coefficient (Wildman–Crippen LogP) is 6.94. The molecule has 7 heterocycles. The number of hydrogen-bond donors (Lipinski definition) is 5. The molecule has 0 radical (unpaired) electrons. The Morgan fingerprint density at radius 3 is 2.31 bits per heavy atom. The van der Waals surface area contributed by atoms with Crippen LogP contribution in [-0.4, -0.2) is 130 Å². The number of carbonyl (C=O) groups excluding carboxylic acids is 4. The van der Waals surface area contributed by atoms with Gasteiger partial charge in [-0.2, -0.15) is 0 Å². The Morgan fingerprint density at radius 2 is 1.61 bits per heavy atom. The van der Waals surface area contributed by atoms with Crippen molar-refractivity contribution in [1.29, 1.82) is 0 Å². The van der Waals surface area contributed by atoms with Crippen molar-refractivity contribution in [3.8, 4) is 11.3 Å². The molecule has 4 amide bonds. The molecule has 5 aromatic rings. The minimum Gasteiger partial charge on any atom is -0.389 e. The maximum Gasteiger partial charge on any atom is 0.470 e. The Hall–Kier alpha value is -7.00. The molecule has 2 aromatic carbocycles. The molecule has 1 saturated carbocycles. The van der Waals surface area contributed by atoms with Gasteiger partial charge in [0, 0.05) is 112 Å². The summed E-state index contributed by atoms with van der Waals surface area (Å²) in [6.45, 7) is 18.3. The summed E-state index contributed by atoms with van der Waals surface area (Å²) in [5.74, 6) is -0.919. The summed E-state index contributed by atoms with van der Waals surface area (Å²) in [4.78, 5) is 107. The van der Waals surface area contributed by atoms with E-state index in [1.54, 1.807) is 56.4 Å². The van der Waals surface area contributed by atoms with Crippen LogP contribution in [0.4, 0.5) is 34.4 Å². The molecule has 2 atom stereocenters. The van der Waals surface area contributed by atoms with Crippen molar-refractivity contribution in [1.82, 2.24) is 28.9 Å². The monoisotopic (exact) mass is 1110 g/mol. The van der Waals surface area contributed by atoms with Crippen LogP contribution in [0.5, 0.6) is 0 Å². The van der Waals surface area contributed by atoms with E-state index < -0.39 is 31.0 Å². The van der Waals surface area contributed by atoms with Gasteiger partial charge in [-0.3, -0.25) is 43.2 Å². The minimum atomic E-state index is -4.70. The van der Waals surface area contributed by atoms with Crippen molar-refractivity contribution >= 4 is 65.8 Å². The number of fused-ring (bicyclic) bond motifs is 4. The highest BCUT2D eigenvalue weighted by Crippen LogP contribution is 2.48. The summed E-state index contributed by atoms with van der Waals surface area (Å²) in [6.07, 6.45) is 8.33. The topological polar surface area (TPSA) is 248 Å². The van der Waals surface area contributed by atoms with Gasteiger partial charge >= 0.3 is 7.82 Å². The molecular weight excluding hydrogens is 1040 g/mol. The number of rotatable bonds is 13. The van der Waals surface area contributed by atoms with E-state index in [1.165, 1.54) is 26.8 Å². The van der Waals surface area contributed by atoms with Crippen molar-refractivity contribution in [3.05, 3.63) is 118 Å². The first kappa shape index (κ1) is 54.9. The molecule has 22 heteroatoms. The van der Waals surface area contributed by atoms with Crippen LogP contribution >= 0.6 is 7.82 Å². The highest BCUT2D eigenvalue weighted by molar-refractivity contribution is 7.46. The number of aryl methyl sites for hydroxylation is 1. The van der Waals surface area contributed by atoms with Gasteiger partial charge in [0.15, 0.2) is 5.82 Å². The molecule has 80 heavy (non-hydrogen) atoms. The second-order valence-electron chi connectivity index (χ2n) is 23.6. The van der Waals surface area contributed by atoms with E-state index >= 15 is 0 Å². The number of aliphatic hydroxyl groups is 1. The maximum atomic E-state index is 14.2. The lowest BCUT2D eigenvalue weighted by Gasteiger charge is -2.47. The van der Waals surface area contributed by atoms with Gasteiger partial charge in [-0.15, -0.1) is 0 Å². The first-order valence-corrected chi connectivity index (χ1v) is 29.2. The normalized spacial score (nSPS) is 22.8. The van der Waals surface area contributed by atoms with Gasteiger partial charge in [-0.05, 0) is 138 Å². The Labute approximate surface area is 464 Å². The molecule has 2 saturated heterocycles. The number of benzene rings is 2. The number of nitrogens with zero attached hydrogens (tertiary/aromatic N) is 9. The van der Waals surface area contributed by atoms with Gasteiger partial charge in [0.25, 0.3) is 23.3 Å². The molecule has 6 aliphatic rings. The van der Waals surface area contributed by atoms with Gasteiger partial charge in [0.2, 0.25) is 5.91 Å². The third-order valence-electron chi connectivity index (χ3n) is 17.3. The molecule has 1 unspecified atom stereocenters. The molecule has 4 aliphatic heterocycles. The smallest absolute Gasteiger partial charge is 0.389 e. The second-order valence-corrected chi connectivity index (χ2v) is 24.7. The fraction of sp³-hybridized carbons (Fsp3) is 0.466. The van der Waals surface area contributed by atoms with Gasteiger partial charge in [0.05, 0.1) is 39.9 Å². The number of imide groups is 1. The zero-order chi connectivity index (χ0) is 56.7. The van der Waals surface area contributed by atoms with Gasteiger partial charge in [-0.1, -0.05) is 20.4 Å². The van der Waals surface area contributed by atoms with Gasteiger partial charge in [0.1, 0.15) is 11.5 Å². The quantitative estimate of drug-likeness (QED) is 0.0455. The second kappa shape index (κ2) is 20.8. The molecule has 422 valence electrons. The molecule has 3 aromatic heterocycles. The lowest BCUT2D eigenvalue weighted by atomic mass is 9.83. The lowest BCUT2D eigenvalue weighted by molar-refractivity contribution is -0.111. The van der Waals surface area contributed by atoms with E-state index in [0.717, 1.165) is 63.2 Å². The molecule has 0 bridgehead atoms. The van der Waals surface area contributed by atoms with E-state index in [9.17, 15) is 43.4 Å². The molecule has 0 spiro atoms. The summed E-state index contributed by atoms with van der Waals surface area (Å²) >= 11 is 0. The highest BCUT2D eigenvalue weighted by atomic mass is 31.2. The number of nitrogens with one attached hydrogen (secondary N) is 2. The van der Waals surface area contributed by atoms with Crippen LogP contribution in [0.3, 0.4) is 0 Å². The zero-order valence-corrected chi connectivity index (χ0v) is 47.0. The number of amides is 4. The number of piperidine rings is 1. The van der Waals surface area contributed by atoms with Crippen LogP contribution in [-0.2, 0) is 40.3 Å². The summed E-state index contributed by atoms with van der Waals surface area (Å²) in [7, 11) is -3.07. The standard InChI is InChI=1S/C58H70N11O10P/c1-8-49(71)61-44-28-37(60-51-56(75)63(7)33-45(62-51)42-15-20-59-52(50(42)35(3)70)68-26-25-67-47(55(68)74)27-36-30-57(4,5)31-48(36)67)9-12-46(44)66-24-23-65(32-34(66)2)38-16-21-64(22-17-38)40-10-11-41-43(29-40)54(73)69(53(41)72)39-13-18-58(6,19-14-39)79-80(76,77)78/h8-12,15,20,27-29,33-35,38-39,70H,1,13-14,16-19,21-26,30-32H2,2-7H3,(H,60,62)(H,61,71)(H2,76,77,78)/t34-,35?,39?,58?/m0/s1. The zero-order valence-electron chi connectivity index (χ0n) is 46.1. The molecule has 2 aliphatic carbocycles. The third-order valence-corrected chi connectivity index (χ3v) is 17.9. The molecule has 3 fully saturated rings. The SMILES string of the molecule is C=CC(=O)Nc1cc(Nc2nc(-c3ccnc(N4CCn5c(cc6c5CC(C)(C)C6)C4=O)c3C(C)O)cn(C)c2=O)ccc1N1CCN(C2CCN(c3ccc4c(c3)C(=O)N(C3CCC(C)(OP(=O)(O)O)CC3)C4=O)CC2)C[C@@H]1C. The predicted molar refractivity (Wildman–Crippen MR) is 304 cm³/mol. The van der Waals surface area contributed by atoms with E-state index in [4.69, 9.17) is 9.51 Å². The van der Waals surface area contributed by atoms with Crippen LogP contribution in [0.2, 0.25) is 0 Å². The number of phosphoric ester groups is 1. The van der Waals surface area contributed by atoms with E-state index in [-0.39, 0.29) is 41.0 Å². The van der Waals surface area contributed by atoms with Crippen molar-refractivity contribution in [3.63, 3.8) is 0 Å². The van der Waals surface area contributed by atoms with E-state index in [2.05, 4.69) is 62.2 Å². The van der Waals surface area contributed by atoms with Gasteiger partial charge < -0.3 is 44.5 Å². The largest absolute Gasteiger partial charge is 0.470 e. The first-order valence-electron chi connectivity index (χ1n) is 27.7. The number of phosphoric acid groups is 1. The Balaban J connectivity index is 0.753. The summed E-state index contributed by atoms with van der Waals surface area (Å²) in [6, 6.07) is 14.7. The number of aliphatic hydroxyl groups excluding tert-OH is 1. The van der Waals surface area contributed by atoms with Crippen molar-refractivity contribution in [2.24, 2.45) is 12.5 Å². The lowest BCUT2D eigenvalue weighted by Crippen LogP contribution is -2.57. The van der Waals surface area contributed by atoms with Crippen LogP contribution in [0, 0.1) is 5.41 Å². The molecular formula is C58H70N11O10P. The number of anilines is 6. The van der Waals surface area contributed by atoms with Crippen molar-refractivity contribution in [2.75, 3.05) is 64.6 Å². The fourth-order valence-corrected chi connectivity index (χ4v) is 14.1. The van der Waals surface area contributed by atoms with Crippen LogP contribution in [0.25, 0.3) is 11.3 Å². The molecule has 11 rings (SSSR count). The minimum absolute atomic E-state index is 0.0117. The van der Waals surface area contributed by atoms with Crippen LogP contribution < -0.4 is 30.9 Å². The Kier molecular flexibility index (Phi) is 14.3. The number of carbonyl (C=O) groups is 4.